The maximum absolute atomic E-state index is 13.7. The summed E-state index contributed by atoms with van der Waals surface area (Å²) in [6.45, 7) is 2.28. The van der Waals surface area contributed by atoms with Crippen LogP contribution in [-0.4, -0.2) is 31.7 Å². The number of rotatable bonds is 4. The summed E-state index contributed by atoms with van der Waals surface area (Å²) in [4.78, 5) is 22.5. The van der Waals surface area contributed by atoms with Gasteiger partial charge in [0, 0.05) is 25.2 Å². The van der Waals surface area contributed by atoms with Gasteiger partial charge in [0.25, 0.3) is 0 Å². The van der Waals surface area contributed by atoms with Crippen LogP contribution in [0.15, 0.2) is 48.7 Å². The minimum absolute atomic E-state index is 0.240. The Labute approximate surface area is 165 Å². The van der Waals surface area contributed by atoms with Gasteiger partial charge in [-0.05, 0) is 18.6 Å². The summed E-state index contributed by atoms with van der Waals surface area (Å²) in [5.74, 6) is -4.16. The van der Waals surface area contributed by atoms with Gasteiger partial charge in [0.05, 0.1) is 11.9 Å². The third-order valence-corrected chi connectivity index (χ3v) is 3.97. The molecule has 0 atom stereocenters. The van der Waals surface area contributed by atoms with Crippen LogP contribution in [0.4, 0.5) is 14.7 Å². The van der Waals surface area contributed by atoms with Crippen molar-refractivity contribution in [1.29, 1.82) is 0 Å². The zero-order chi connectivity index (χ0) is 21.6. The largest absolute Gasteiger partial charge is 0.473 e. The molecule has 3 N–H and O–H groups in total. The molecule has 0 bridgehead atoms. The van der Waals surface area contributed by atoms with Crippen molar-refractivity contribution in [2.45, 2.75) is 13.5 Å². The predicted molar refractivity (Wildman–Crippen MR) is 102 cm³/mol. The van der Waals surface area contributed by atoms with Crippen molar-refractivity contribution in [2.24, 2.45) is 7.05 Å². The first kappa shape index (κ1) is 21.5. The second kappa shape index (κ2) is 9.45. The van der Waals surface area contributed by atoms with E-state index in [4.69, 9.17) is 19.8 Å². The topological polar surface area (TPSA) is 104 Å². The fourth-order valence-electron chi connectivity index (χ4n) is 2.41. The van der Waals surface area contributed by atoms with Crippen LogP contribution in [0.1, 0.15) is 11.1 Å². The number of carbonyl (C=O) groups is 2. The van der Waals surface area contributed by atoms with E-state index < -0.39 is 23.6 Å². The molecule has 0 saturated heterocycles. The summed E-state index contributed by atoms with van der Waals surface area (Å²) in [6.07, 6.45) is 1.77. The Morgan fingerprint density at radius 2 is 1.69 bits per heavy atom. The van der Waals surface area contributed by atoms with Crippen molar-refractivity contribution < 1.29 is 28.6 Å². The van der Waals surface area contributed by atoms with Crippen molar-refractivity contribution in [3.63, 3.8) is 0 Å². The average Bonchev–Trinajstić information content (AvgIpc) is 3.03. The molecule has 0 amide bonds. The lowest BCUT2D eigenvalue weighted by Crippen LogP contribution is -2.09. The van der Waals surface area contributed by atoms with E-state index in [9.17, 15) is 8.78 Å². The minimum atomic E-state index is -1.82. The number of nitrogens with one attached hydrogen (secondary N) is 1. The lowest BCUT2D eigenvalue weighted by molar-refractivity contribution is -0.159. The molecule has 9 heteroatoms. The SMILES string of the molecule is Cc1ccc(-c2cnc(NCc3ccc(F)cc3F)n2C)cc1.O=C(O)C(=O)O. The quantitative estimate of drug-likeness (QED) is 0.577. The van der Waals surface area contributed by atoms with Crippen LogP contribution in [0.5, 0.6) is 0 Å². The lowest BCUT2D eigenvalue weighted by Gasteiger charge is -2.09. The number of aliphatic carboxylic acids is 2. The summed E-state index contributed by atoms with van der Waals surface area (Å²) in [7, 11) is 1.89. The fraction of sp³-hybridized carbons (Fsp3) is 0.150. The second-order valence-corrected chi connectivity index (χ2v) is 6.09. The maximum Gasteiger partial charge on any atom is 0.414 e. The highest BCUT2D eigenvalue weighted by Gasteiger charge is 2.10. The van der Waals surface area contributed by atoms with Crippen molar-refractivity contribution in [3.8, 4) is 11.3 Å². The molecule has 7 nitrogen and oxygen atoms in total. The number of aromatic nitrogens is 2. The van der Waals surface area contributed by atoms with Crippen LogP contribution < -0.4 is 5.32 Å². The first-order chi connectivity index (χ1) is 13.7. The molecule has 0 spiro atoms. The van der Waals surface area contributed by atoms with Crippen molar-refractivity contribution >= 4 is 17.9 Å². The molecule has 3 aromatic rings. The van der Waals surface area contributed by atoms with E-state index in [1.807, 2.05) is 42.8 Å². The van der Waals surface area contributed by atoms with Crippen LogP contribution in [0, 0.1) is 18.6 Å². The van der Waals surface area contributed by atoms with Crippen LogP contribution in [-0.2, 0) is 23.2 Å². The number of aryl methyl sites for hydroxylation is 1. The predicted octanol–water partition coefficient (Wildman–Crippen LogP) is 3.44. The monoisotopic (exact) mass is 403 g/mol. The molecule has 0 aliphatic rings. The summed E-state index contributed by atoms with van der Waals surface area (Å²) >= 11 is 0. The Kier molecular flexibility index (Phi) is 7.02. The Bertz CT molecular complexity index is 1010. The standard InChI is InChI=1S/C18H17F2N3.C2H2O4/c1-12-3-5-13(6-4-12)17-11-22-18(23(17)2)21-10-14-7-8-15(19)9-16(14)20;3-1(4)2(5)6/h3-9,11H,10H2,1-2H3,(H,21,22);(H,3,4)(H,5,6). The molecule has 0 radical (unpaired) electrons. The molecule has 0 aliphatic carbocycles. The number of hydrogen-bond acceptors (Lipinski definition) is 4. The molecule has 0 unspecified atom stereocenters. The van der Waals surface area contributed by atoms with E-state index in [-0.39, 0.29) is 6.54 Å². The van der Waals surface area contributed by atoms with Crippen molar-refractivity contribution in [3.05, 3.63) is 71.4 Å². The summed E-state index contributed by atoms with van der Waals surface area (Å²) in [5, 5.41) is 17.9. The zero-order valence-electron chi connectivity index (χ0n) is 15.7. The third-order valence-electron chi connectivity index (χ3n) is 3.97. The van der Waals surface area contributed by atoms with Crippen LogP contribution in [0.25, 0.3) is 11.3 Å². The van der Waals surface area contributed by atoms with Gasteiger partial charge in [0.15, 0.2) is 0 Å². The Balaban J connectivity index is 0.000000438. The molecule has 152 valence electrons. The summed E-state index contributed by atoms with van der Waals surface area (Å²) < 4.78 is 28.5. The number of carboxylic acids is 2. The van der Waals surface area contributed by atoms with E-state index in [1.165, 1.54) is 17.7 Å². The second-order valence-electron chi connectivity index (χ2n) is 6.09. The van der Waals surface area contributed by atoms with E-state index in [0.29, 0.717) is 11.5 Å². The number of hydrogen-bond donors (Lipinski definition) is 3. The van der Waals surface area contributed by atoms with Gasteiger partial charge in [-0.2, -0.15) is 0 Å². The molecule has 2 aromatic carbocycles. The van der Waals surface area contributed by atoms with Gasteiger partial charge < -0.3 is 20.1 Å². The van der Waals surface area contributed by atoms with Crippen LogP contribution in [0.2, 0.25) is 0 Å². The van der Waals surface area contributed by atoms with Gasteiger partial charge >= 0.3 is 11.9 Å². The first-order valence-corrected chi connectivity index (χ1v) is 8.41. The number of halogens is 2. The molecule has 0 aliphatic heterocycles. The number of benzene rings is 2. The van der Waals surface area contributed by atoms with Gasteiger partial charge in [0.1, 0.15) is 11.6 Å². The molecular weight excluding hydrogens is 384 g/mol. The minimum Gasteiger partial charge on any atom is -0.473 e. The molecular formula is C20H19F2N3O4. The van der Waals surface area contributed by atoms with E-state index in [1.54, 1.807) is 6.20 Å². The highest BCUT2D eigenvalue weighted by molar-refractivity contribution is 6.27. The summed E-state index contributed by atoms with van der Waals surface area (Å²) in [5.41, 5.74) is 3.62. The van der Waals surface area contributed by atoms with E-state index in [2.05, 4.69) is 10.3 Å². The van der Waals surface area contributed by atoms with E-state index in [0.717, 1.165) is 17.3 Å². The molecule has 29 heavy (non-hydrogen) atoms. The van der Waals surface area contributed by atoms with Crippen molar-refractivity contribution in [2.75, 3.05) is 5.32 Å². The molecule has 0 fully saturated rings. The maximum atomic E-state index is 13.7. The van der Waals surface area contributed by atoms with Crippen LogP contribution in [0.3, 0.4) is 0 Å². The Hall–Kier alpha value is -3.75. The Morgan fingerprint density at radius 3 is 2.24 bits per heavy atom. The van der Waals surface area contributed by atoms with Gasteiger partial charge in [0.2, 0.25) is 5.95 Å². The molecule has 1 aromatic heterocycles. The number of anilines is 1. The van der Waals surface area contributed by atoms with Gasteiger partial charge in [-0.25, -0.2) is 23.4 Å². The molecule has 1 heterocycles. The number of nitrogens with zero attached hydrogens (tertiary/aromatic N) is 2. The zero-order valence-corrected chi connectivity index (χ0v) is 15.7. The van der Waals surface area contributed by atoms with Gasteiger partial charge in [-0.3, -0.25) is 0 Å². The highest BCUT2D eigenvalue weighted by atomic mass is 19.1. The van der Waals surface area contributed by atoms with Gasteiger partial charge in [-0.15, -0.1) is 0 Å². The third kappa shape index (κ3) is 5.86. The molecule has 0 saturated carbocycles. The smallest absolute Gasteiger partial charge is 0.414 e. The van der Waals surface area contributed by atoms with Crippen LogP contribution >= 0.6 is 0 Å². The normalized spacial score (nSPS) is 10.1. The van der Waals surface area contributed by atoms with E-state index >= 15 is 0 Å². The number of imidazole rings is 1. The highest BCUT2D eigenvalue weighted by Crippen LogP contribution is 2.22. The lowest BCUT2D eigenvalue weighted by atomic mass is 10.1. The summed E-state index contributed by atoms with van der Waals surface area (Å²) in [6, 6.07) is 11.7. The van der Waals surface area contributed by atoms with Gasteiger partial charge in [-0.1, -0.05) is 35.9 Å². The first-order valence-electron chi connectivity index (χ1n) is 8.41. The van der Waals surface area contributed by atoms with Crippen molar-refractivity contribution in [1.82, 2.24) is 9.55 Å². The Morgan fingerprint density at radius 1 is 1.07 bits per heavy atom. The molecule has 3 rings (SSSR count). The average molecular weight is 403 g/mol. The fourth-order valence-corrected chi connectivity index (χ4v) is 2.41. The number of carboxylic acid groups (broad SMARTS) is 2.